The molecule has 0 saturated carbocycles. The summed E-state index contributed by atoms with van der Waals surface area (Å²) >= 11 is 0. The third-order valence-corrected chi connectivity index (χ3v) is 2.37. The zero-order chi connectivity index (χ0) is 13.1. The van der Waals surface area contributed by atoms with Crippen molar-refractivity contribution < 1.29 is 13.9 Å². The lowest BCUT2D eigenvalue weighted by atomic mass is 10.2. The van der Waals surface area contributed by atoms with Crippen molar-refractivity contribution >= 4 is 5.97 Å². The molecule has 0 saturated heterocycles. The maximum atomic E-state index is 11.6. The molecule has 0 bridgehead atoms. The number of nitrogens with zero attached hydrogens (tertiary/aromatic N) is 4. The maximum Gasteiger partial charge on any atom is 0.376 e. The van der Waals surface area contributed by atoms with Gasteiger partial charge in [-0.1, -0.05) is 13.3 Å². The molecule has 2 rings (SSSR count). The fourth-order valence-corrected chi connectivity index (χ4v) is 1.56. The molecule has 0 amide bonds. The van der Waals surface area contributed by atoms with E-state index in [0.29, 0.717) is 17.8 Å². The first-order valence-electron chi connectivity index (χ1n) is 5.60. The Labute approximate surface area is 104 Å². The number of hydrogen-bond acceptors (Lipinski definition) is 6. The molecule has 0 radical (unpaired) electrons. The first kappa shape index (κ1) is 12.3. The lowest BCUT2D eigenvalue weighted by molar-refractivity contribution is 0.0564. The van der Waals surface area contributed by atoms with Crippen LogP contribution in [0.15, 0.2) is 10.6 Å². The molecular formula is C11H14N4O3. The van der Waals surface area contributed by atoms with Crippen molar-refractivity contribution in [2.75, 3.05) is 7.11 Å². The van der Waals surface area contributed by atoms with Crippen LogP contribution in [-0.4, -0.2) is 33.1 Å². The summed E-state index contributed by atoms with van der Waals surface area (Å²) in [6.45, 7) is 2.00. The fourth-order valence-electron chi connectivity index (χ4n) is 1.56. The molecule has 0 aliphatic carbocycles. The van der Waals surface area contributed by atoms with Gasteiger partial charge in [-0.2, -0.15) is 9.90 Å². The Morgan fingerprint density at radius 3 is 2.89 bits per heavy atom. The van der Waals surface area contributed by atoms with E-state index in [9.17, 15) is 4.79 Å². The highest BCUT2D eigenvalue weighted by Gasteiger charge is 2.22. The van der Waals surface area contributed by atoms with Gasteiger partial charge >= 0.3 is 5.97 Å². The molecule has 2 aromatic heterocycles. The molecule has 0 aromatic carbocycles. The molecule has 0 fully saturated rings. The van der Waals surface area contributed by atoms with Crippen molar-refractivity contribution in [1.29, 1.82) is 0 Å². The number of aromatic nitrogens is 4. The van der Waals surface area contributed by atoms with Crippen LogP contribution in [0, 0.1) is 0 Å². The van der Waals surface area contributed by atoms with Crippen LogP contribution in [0.3, 0.4) is 0 Å². The fraction of sp³-hybridized carbons (Fsp3) is 0.455. The van der Waals surface area contributed by atoms with Crippen LogP contribution < -0.4 is 0 Å². The van der Waals surface area contributed by atoms with E-state index in [4.69, 9.17) is 4.42 Å². The number of carbonyl (C=O) groups excluding carboxylic acids is 1. The molecule has 2 heterocycles. The average molecular weight is 250 g/mol. The summed E-state index contributed by atoms with van der Waals surface area (Å²) in [5.41, 5.74) is 1.08. The second-order valence-corrected chi connectivity index (χ2v) is 3.76. The summed E-state index contributed by atoms with van der Waals surface area (Å²) in [5, 5.41) is 8.01. The molecule has 0 spiro atoms. The van der Waals surface area contributed by atoms with E-state index in [1.165, 1.54) is 18.1 Å². The monoisotopic (exact) mass is 250 g/mol. The molecule has 2 aromatic rings. The molecule has 0 N–H and O–H groups in total. The van der Waals surface area contributed by atoms with Crippen molar-refractivity contribution in [2.24, 2.45) is 7.05 Å². The number of aryl methyl sites for hydroxylation is 2. The van der Waals surface area contributed by atoms with Gasteiger partial charge in [0.25, 0.3) is 0 Å². The highest BCUT2D eigenvalue weighted by Crippen LogP contribution is 2.21. The van der Waals surface area contributed by atoms with Crippen molar-refractivity contribution in [3.63, 3.8) is 0 Å². The van der Waals surface area contributed by atoms with Crippen LogP contribution in [0.1, 0.15) is 29.6 Å². The van der Waals surface area contributed by atoms with Gasteiger partial charge in [-0.3, -0.25) is 0 Å². The lowest BCUT2D eigenvalue weighted by Gasteiger charge is -1.95. The summed E-state index contributed by atoms with van der Waals surface area (Å²) in [4.78, 5) is 17.2. The molecular weight excluding hydrogens is 236 g/mol. The Balaban J connectivity index is 2.41. The van der Waals surface area contributed by atoms with Gasteiger partial charge in [0.15, 0.2) is 5.69 Å². The SMILES string of the molecule is CCCc1nc(-c2cnn(C)n2)oc1C(=O)OC. The van der Waals surface area contributed by atoms with Crippen molar-refractivity contribution in [3.8, 4) is 11.6 Å². The first-order valence-corrected chi connectivity index (χ1v) is 5.60. The molecule has 0 unspecified atom stereocenters. The minimum absolute atomic E-state index is 0.139. The van der Waals surface area contributed by atoms with Gasteiger partial charge in [0.05, 0.1) is 19.0 Å². The molecule has 7 heteroatoms. The number of methoxy groups -OCH3 is 1. The molecule has 0 atom stereocenters. The number of hydrogen-bond donors (Lipinski definition) is 0. The minimum atomic E-state index is -0.527. The van der Waals surface area contributed by atoms with E-state index < -0.39 is 5.97 Å². The summed E-state index contributed by atoms with van der Waals surface area (Å²) in [7, 11) is 3.00. The van der Waals surface area contributed by atoms with Gasteiger partial charge in [-0.25, -0.2) is 9.78 Å². The summed E-state index contributed by atoms with van der Waals surface area (Å²) in [5.74, 6) is -0.104. The highest BCUT2D eigenvalue weighted by atomic mass is 16.5. The zero-order valence-electron chi connectivity index (χ0n) is 10.5. The Morgan fingerprint density at radius 2 is 2.33 bits per heavy atom. The highest BCUT2D eigenvalue weighted by molar-refractivity contribution is 5.87. The molecule has 0 aliphatic rings. The lowest BCUT2D eigenvalue weighted by Crippen LogP contribution is -2.03. The Bertz CT molecular complexity index is 558. The topological polar surface area (TPSA) is 83.0 Å². The Kier molecular flexibility index (Phi) is 3.40. The van der Waals surface area contributed by atoms with Crippen molar-refractivity contribution in [3.05, 3.63) is 17.7 Å². The molecule has 18 heavy (non-hydrogen) atoms. The van der Waals surface area contributed by atoms with Gasteiger partial charge in [-0.05, 0) is 6.42 Å². The molecule has 0 aliphatic heterocycles. The van der Waals surface area contributed by atoms with Crippen LogP contribution in [0.5, 0.6) is 0 Å². The third kappa shape index (κ3) is 2.24. The zero-order valence-corrected chi connectivity index (χ0v) is 10.5. The number of oxazole rings is 1. The molecule has 96 valence electrons. The predicted molar refractivity (Wildman–Crippen MR) is 61.8 cm³/mol. The predicted octanol–water partition coefficient (Wildman–Crippen LogP) is 1.21. The number of esters is 1. The average Bonchev–Trinajstić information content (AvgIpc) is 2.95. The van der Waals surface area contributed by atoms with Gasteiger partial charge in [0.2, 0.25) is 11.7 Å². The normalized spacial score (nSPS) is 10.6. The van der Waals surface area contributed by atoms with Crippen LogP contribution in [-0.2, 0) is 18.2 Å². The van der Waals surface area contributed by atoms with Gasteiger partial charge in [-0.15, -0.1) is 5.10 Å². The van der Waals surface area contributed by atoms with Crippen LogP contribution in [0.4, 0.5) is 0 Å². The van der Waals surface area contributed by atoms with Crippen LogP contribution in [0.2, 0.25) is 0 Å². The summed E-state index contributed by atoms with van der Waals surface area (Å²) < 4.78 is 10.1. The van der Waals surface area contributed by atoms with Gasteiger partial charge < -0.3 is 9.15 Å². The maximum absolute atomic E-state index is 11.6. The quantitative estimate of drug-likeness (QED) is 0.758. The van der Waals surface area contributed by atoms with E-state index in [1.807, 2.05) is 6.92 Å². The van der Waals surface area contributed by atoms with E-state index >= 15 is 0 Å². The van der Waals surface area contributed by atoms with Crippen LogP contribution in [0.25, 0.3) is 11.6 Å². The van der Waals surface area contributed by atoms with E-state index in [0.717, 1.165) is 6.42 Å². The smallest absolute Gasteiger partial charge is 0.376 e. The third-order valence-electron chi connectivity index (χ3n) is 2.37. The standard InChI is InChI=1S/C11H14N4O3/c1-4-5-7-9(11(16)17-3)18-10(13-7)8-6-12-15(2)14-8/h6H,4-5H2,1-3H3. The summed E-state index contributed by atoms with van der Waals surface area (Å²) in [6.07, 6.45) is 3.03. The van der Waals surface area contributed by atoms with Crippen molar-refractivity contribution in [2.45, 2.75) is 19.8 Å². The Hall–Kier alpha value is -2.18. The second kappa shape index (κ2) is 4.99. The van der Waals surface area contributed by atoms with E-state index in [1.54, 1.807) is 7.05 Å². The summed E-state index contributed by atoms with van der Waals surface area (Å²) in [6, 6.07) is 0. The molecule has 7 nitrogen and oxygen atoms in total. The first-order chi connectivity index (χ1) is 8.65. The Morgan fingerprint density at radius 1 is 1.56 bits per heavy atom. The van der Waals surface area contributed by atoms with Gasteiger partial charge in [0, 0.05) is 7.05 Å². The largest absolute Gasteiger partial charge is 0.463 e. The van der Waals surface area contributed by atoms with E-state index in [-0.39, 0.29) is 11.7 Å². The number of rotatable bonds is 4. The number of carbonyl (C=O) groups is 1. The van der Waals surface area contributed by atoms with Crippen molar-refractivity contribution in [1.82, 2.24) is 20.0 Å². The van der Waals surface area contributed by atoms with E-state index in [2.05, 4.69) is 19.9 Å². The van der Waals surface area contributed by atoms with Gasteiger partial charge in [0.1, 0.15) is 0 Å². The van der Waals surface area contributed by atoms with Crippen LogP contribution >= 0.6 is 0 Å². The number of ether oxygens (including phenoxy) is 1. The second-order valence-electron chi connectivity index (χ2n) is 3.76. The minimum Gasteiger partial charge on any atom is -0.463 e.